The van der Waals surface area contributed by atoms with E-state index in [4.69, 9.17) is 4.42 Å². The van der Waals surface area contributed by atoms with Gasteiger partial charge in [-0.3, -0.25) is 4.79 Å². The minimum absolute atomic E-state index is 0.0666. The summed E-state index contributed by atoms with van der Waals surface area (Å²) in [6.07, 6.45) is 6.46. The maximum atomic E-state index is 12.9. The molecule has 3 rings (SSSR count). The van der Waals surface area contributed by atoms with Gasteiger partial charge in [0.2, 0.25) is 0 Å². The van der Waals surface area contributed by atoms with Gasteiger partial charge in [-0.15, -0.1) is 0 Å². The van der Waals surface area contributed by atoms with E-state index in [2.05, 4.69) is 4.98 Å². The van der Waals surface area contributed by atoms with E-state index in [-0.39, 0.29) is 23.4 Å². The van der Waals surface area contributed by atoms with Crippen molar-refractivity contribution in [1.29, 1.82) is 0 Å². The number of aliphatic hydroxyl groups is 1. The Kier molecular flexibility index (Phi) is 5.15. The molecule has 0 aromatic carbocycles. The van der Waals surface area contributed by atoms with Crippen LogP contribution in [0.4, 0.5) is 0 Å². The van der Waals surface area contributed by atoms with Crippen LogP contribution < -0.4 is 0 Å². The van der Waals surface area contributed by atoms with Crippen molar-refractivity contribution in [3.05, 3.63) is 48.2 Å². The van der Waals surface area contributed by atoms with E-state index >= 15 is 0 Å². The molecule has 1 aliphatic heterocycles. The third-order valence-corrected chi connectivity index (χ3v) is 4.49. The van der Waals surface area contributed by atoms with E-state index in [1.165, 1.54) is 18.5 Å². The van der Waals surface area contributed by atoms with Gasteiger partial charge in [-0.05, 0) is 37.1 Å². The SMILES string of the molecule is O=C(c1ncccc1O)N1CCCCCC1CC(O)c1ccco1. The molecular formula is C18H22N2O4. The van der Waals surface area contributed by atoms with E-state index in [1.54, 1.807) is 23.1 Å². The summed E-state index contributed by atoms with van der Waals surface area (Å²) >= 11 is 0. The van der Waals surface area contributed by atoms with Gasteiger partial charge in [0.15, 0.2) is 5.69 Å². The first-order chi connectivity index (χ1) is 11.7. The second-order valence-electron chi connectivity index (χ2n) is 6.14. The lowest BCUT2D eigenvalue weighted by Gasteiger charge is -2.31. The molecule has 128 valence electrons. The summed E-state index contributed by atoms with van der Waals surface area (Å²) in [7, 11) is 0. The Balaban J connectivity index is 1.80. The van der Waals surface area contributed by atoms with E-state index < -0.39 is 6.10 Å². The minimum atomic E-state index is -0.754. The van der Waals surface area contributed by atoms with E-state index in [0.29, 0.717) is 18.7 Å². The summed E-state index contributed by atoms with van der Waals surface area (Å²) in [5.41, 5.74) is 0.0666. The van der Waals surface area contributed by atoms with Gasteiger partial charge < -0.3 is 19.5 Å². The number of aromatic nitrogens is 1. The van der Waals surface area contributed by atoms with Crippen molar-refractivity contribution in [2.24, 2.45) is 0 Å². The van der Waals surface area contributed by atoms with Crippen molar-refractivity contribution in [1.82, 2.24) is 9.88 Å². The zero-order valence-corrected chi connectivity index (χ0v) is 13.5. The molecule has 6 nitrogen and oxygen atoms in total. The van der Waals surface area contributed by atoms with Crippen molar-refractivity contribution >= 4 is 5.91 Å². The number of carbonyl (C=O) groups is 1. The number of aromatic hydroxyl groups is 1. The van der Waals surface area contributed by atoms with Crippen LogP contribution in [-0.2, 0) is 0 Å². The first kappa shape index (κ1) is 16.5. The maximum absolute atomic E-state index is 12.9. The summed E-state index contributed by atoms with van der Waals surface area (Å²) in [6.45, 7) is 0.602. The molecule has 1 amide bonds. The highest BCUT2D eigenvalue weighted by Crippen LogP contribution is 2.28. The monoisotopic (exact) mass is 330 g/mol. The first-order valence-corrected chi connectivity index (χ1v) is 8.33. The molecule has 24 heavy (non-hydrogen) atoms. The molecule has 2 unspecified atom stereocenters. The van der Waals surface area contributed by atoms with E-state index in [9.17, 15) is 15.0 Å². The van der Waals surface area contributed by atoms with Crippen LogP contribution in [-0.4, -0.2) is 38.6 Å². The Morgan fingerprint density at radius 2 is 2.21 bits per heavy atom. The van der Waals surface area contributed by atoms with Crippen molar-refractivity contribution in [3.63, 3.8) is 0 Å². The van der Waals surface area contributed by atoms with Gasteiger partial charge in [0.05, 0.1) is 6.26 Å². The second kappa shape index (κ2) is 7.49. The molecule has 0 saturated carbocycles. The molecule has 6 heteroatoms. The number of amides is 1. The Morgan fingerprint density at radius 1 is 1.33 bits per heavy atom. The molecule has 0 spiro atoms. The molecule has 2 N–H and O–H groups in total. The van der Waals surface area contributed by atoms with Gasteiger partial charge in [-0.2, -0.15) is 0 Å². The standard InChI is InChI=1S/C18H22N2O4/c21-14-7-4-9-19-17(14)18(23)20-10-3-1-2-6-13(20)12-15(22)16-8-5-11-24-16/h4-5,7-9,11,13,15,21-22H,1-3,6,10,12H2. The minimum Gasteiger partial charge on any atom is -0.505 e. The van der Waals surface area contributed by atoms with Crippen LogP contribution in [0.5, 0.6) is 5.75 Å². The highest BCUT2D eigenvalue weighted by molar-refractivity contribution is 5.95. The Bertz CT molecular complexity index is 671. The number of carbonyl (C=O) groups excluding carboxylic acids is 1. The number of rotatable bonds is 4. The summed E-state index contributed by atoms with van der Waals surface area (Å²) in [5, 5.41) is 20.3. The van der Waals surface area contributed by atoms with E-state index in [0.717, 1.165) is 25.7 Å². The largest absolute Gasteiger partial charge is 0.505 e. The van der Waals surface area contributed by atoms with Crippen LogP contribution in [0.25, 0.3) is 0 Å². The average molecular weight is 330 g/mol. The topological polar surface area (TPSA) is 86.8 Å². The third kappa shape index (κ3) is 3.59. The summed E-state index contributed by atoms with van der Waals surface area (Å²) in [5.74, 6) is 0.107. The fourth-order valence-corrected chi connectivity index (χ4v) is 3.24. The van der Waals surface area contributed by atoms with E-state index in [1.807, 2.05) is 0 Å². The van der Waals surface area contributed by atoms with Crippen LogP contribution in [0.2, 0.25) is 0 Å². The lowest BCUT2D eigenvalue weighted by molar-refractivity contribution is 0.0549. The van der Waals surface area contributed by atoms with Gasteiger partial charge in [0.25, 0.3) is 5.91 Å². The fourth-order valence-electron chi connectivity index (χ4n) is 3.24. The Morgan fingerprint density at radius 3 is 2.96 bits per heavy atom. The number of pyridine rings is 1. The second-order valence-corrected chi connectivity index (χ2v) is 6.14. The molecule has 2 aromatic heterocycles. The van der Waals surface area contributed by atoms with Crippen molar-refractivity contribution in [2.75, 3.05) is 6.54 Å². The molecule has 0 radical (unpaired) electrons. The molecule has 1 fully saturated rings. The number of hydrogen-bond acceptors (Lipinski definition) is 5. The van der Waals surface area contributed by atoms with Crippen LogP contribution in [0.1, 0.15) is 54.5 Å². The van der Waals surface area contributed by atoms with Crippen LogP contribution in [0.3, 0.4) is 0 Å². The van der Waals surface area contributed by atoms with Crippen molar-refractivity contribution in [2.45, 2.75) is 44.2 Å². The van der Waals surface area contributed by atoms with Crippen LogP contribution in [0, 0.1) is 0 Å². The highest BCUT2D eigenvalue weighted by Gasteiger charge is 2.30. The smallest absolute Gasteiger partial charge is 0.276 e. The van der Waals surface area contributed by atoms with Gasteiger partial charge in [-0.25, -0.2) is 4.98 Å². The molecule has 1 saturated heterocycles. The first-order valence-electron chi connectivity index (χ1n) is 8.33. The molecular weight excluding hydrogens is 308 g/mol. The highest BCUT2D eigenvalue weighted by atomic mass is 16.4. The predicted octanol–water partition coefficient (Wildman–Crippen LogP) is 2.89. The number of aliphatic hydroxyl groups excluding tert-OH is 1. The molecule has 0 bridgehead atoms. The van der Waals surface area contributed by atoms with Crippen molar-refractivity contribution < 1.29 is 19.4 Å². The number of hydrogen-bond donors (Lipinski definition) is 2. The van der Waals surface area contributed by atoms with Crippen LogP contribution >= 0.6 is 0 Å². The maximum Gasteiger partial charge on any atom is 0.276 e. The lowest BCUT2D eigenvalue weighted by atomic mass is 10.0. The third-order valence-electron chi connectivity index (χ3n) is 4.49. The summed E-state index contributed by atoms with van der Waals surface area (Å²) in [6, 6.07) is 6.41. The molecule has 1 aliphatic rings. The predicted molar refractivity (Wildman–Crippen MR) is 87.5 cm³/mol. The summed E-state index contributed by atoms with van der Waals surface area (Å²) < 4.78 is 5.26. The quantitative estimate of drug-likeness (QED) is 0.900. The normalized spacial score (nSPS) is 19.7. The number of furan rings is 1. The number of likely N-dealkylation sites (tertiary alicyclic amines) is 1. The zero-order chi connectivity index (χ0) is 16.9. The molecule has 2 atom stereocenters. The van der Waals surface area contributed by atoms with Crippen molar-refractivity contribution in [3.8, 4) is 5.75 Å². The zero-order valence-electron chi connectivity index (χ0n) is 13.5. The lowest BCUT2D eigenvalue weighted by Crippen LogP contribution is -2.41. The molecule has 2 aromatic rings. The van der Waals surface area contributed by atoms with Gasteiger partial charge in [0.1, 0.15) is 17.6 Å². The van der Waals surface area contributed by atoms with Crippen LogP contribution in [0.15, 0.2) is 41.1 Å². The Labute approximate surface area is 140 Å². The number of nitrogens with zero attached hydrogens (tertiary/aromatic N) is 2. The van der Waals surface area contributed by atoms with Gasteiger partial charge in [0, 0.05) is 25.2 Å². The summed E-state index contributed by atoms with van der Waals surface area (Å²) in [4.78, 5) is 18.6. The average Bonchev–Trinajstić information content (AvgIpc) is 3.03. The van der Waals surface area contributed by atoms with Gasteiger partial charge in [-0.1, -0.05) is 12.8 Å². The fraction of sp³-hybridized carbons (Fsp3) is 0.444. The molecule has 3 heterocycles. The Hall–Kier alpha value is -2.34. The van der Waals surface area contributed by atoms with Gasteiger partial charge >= 0.3 is 0 Å². The molecule has 0 aliphatic carbocycles.